The summed E-state index contributed by atoms with van der Waals surface area (Å²) in [4.78, 5) is 23.4. The maximum absolute atomic E-state index is 13.6. The topological polar surface area (TPSA) is 79.5 Å². The van der Waals surface area contributed by atoms with E-state index in [0.717, 1.165) is 11.3 Å². The highest BCUT2D eigenvalue weighted by Crippen LogP contribution is 2.31. The van der Waals surface area contributed by atoms with E-state index in [-0.39, 0.29) is 30.1 Å². The van der Waals surface area contributed by atoms with Gasteiger partial charge in [-0.15, -0.1) is 0 Å². The first-order chi connectivity index (χ1) is 12.5. The largest absolute Gasteiger partial charge is 0.493 e. The SMILES string of the molecule is CC(=O)Nc1cc(NCC(=O)NC2CCOc3ccccc32)ccc1F. The van der Waals surface area contributed by atoms with Gasteiger partial charge in [0.2, 0.25) is 11.8 Å². The summed E-state index contributed by atoms with van der Waals surface area (Å²) in [6.07, 6.45) is 0.700. The van der Waals surface area contributed by atoms with Crippen molar-refractivity contribution in [3.05, 3.63) is 53.8 Å². The van der Waals surface area contributed by atoms with E-state index in [2.05, 4.69) is 16.0 Å². The molecule has 1 atom stereocenters. The Labute approximate surface area is 150 Å². The van der Waals surface area contributed by atoms with Crippen molar-refractivity contribution in [1.82, 2.24) is 5.32 Å². The molecule has 2 amide bonds. The van der Waals surface area contributed by atoms with Gasteiger partial charge in [0.05, 0.1) is 24.9 Å². The smallest absolute Gasteiger partial charge is 0.239 e. The van der Waals surface area contributed by atoms with Crippen molar-refractivity contribution in [2.45, 2.75) is 19.4 Å². The molecule has 1 aliphatic rings. The number of anilines is 2. The Kier molecular flexibility index (Phi) is 5.36. The van der Waals surface area contributed by atoms with Crippen molar-refractivity contribution < 1.29 is 18.7 Å². The van der Waals surface area contributed by atoms with Crippen LogP contribution in [0.1, 0.15) is 24.9 Å². The molecular weight excluding hydrogens is 337 g/mol. The minimum Gasteiger partial charge on any atom is -0.493 e. The fourth-order valence-corrected chi connectivity index (χ4v) is 2.84. The molecule has 2 aromatic rings. The highest BCUT2D eigenvalue weighted by atomic mass is 19.1. The molecule has 1 heterocycles. The van der Waals surface area contributed by atoms with Crippen LogP contribution in [0.3, 0.4) is 0 Å². The van der Waals surface area contributed by atoms with Gasteiger partial charge in [0.1, 0.15) is 11.6 Å². The zero-order valence-electron chi connectivity index (χ0n) is 14.3. The van der Waals surface area contributed by atoms with Crippen LogP contribution in [-0.2, 0) is 9.59 Å². The number of para-hydroxylation sites is 1. The Morgan fingerprint density at radius 1 is 1.23 bits per heavy atom. The number of benzene rings is 2. The number of carbonyl (C=O) groups is 2. The molecule has 0 aromatic heterocycles. The van der Waals surface area contributed by atoms with E-state index in [0.29, 0.717) is 18.7 Å². The summed E-state index contributed by atoms with van der Waals surface area (Å²) in [6, 6.07) is 11.7. The molecule has 7 heteroatoms. The summed E-state index contributed by atoms with van der Waals surface area (Å²) in [5, 5.41) is 8.33. The van der Waals surface area contributed by atoms with Crippen molar-refractivity contribution in [1.29, 1.82) is 0 Å². The van der Waals surface area contributed by atoms with Crippen LogP contribution in [0.5, 0.6) is 5.75 Å². The fourth-order valence-electron chi connectivity index (χ4n) is 2.84. The first-order valence-electron chi connectivity index (χ1n) is 8.35. The number of hydrogen-bond acceptors (Lipinski definition) is 4. The molecule has 0 saturated heterocycles. The van der Waals surface area contributed by atoms with Crippen molar-refractivity contribution in [3.8, 4) is 5.75 Å². The molecule has 6 nitrogen and oxygen atoms in total. The van der Waals surface area contributed by atoms with Gasteiger partial charge in [-0.05, 0) is 24.3 Å². The van der Waals surface area contributed by atoms with E-state index in [9.17, 15) is 14.0 Å². The van der Waals surface area contributed by atoms with Crippen LogP contribution in [0.15, 0.2) is 42.5 Å². The maximum Gasteiger partial charge on any atom is 0.239 e. The van der Waals surface area contributed by atoms with Gasteiger partial charge in [0, 0.05) is 24.6 Å². The zero-order chi connectivity index (χ0) is 18.5. The maximum atomic E-state index is 13.6. The van der Waals surface area contributed by atoms with Gasteiger partial charge in [-0.25, -0.2) is 4.39 Å². The summed E-state index contributed by atoms with van der Waals surface area (Å²) in [5.74, 6) is -0.293. The molecule has 2 aromatic carbocycles. The summed E-state index contributed by atoms with van der Waals surface area (Å²) < 4.78 is 19.2. The second-order valence-electron chi connectivity index (χ2n) is 6.02. The lowest BCUT2D eigenvalue weighted by Gasteiger charge is -2.26. The first-order valence-corrected chi connectivity index (χ1v) is 8.35. The second-order valence-corrected chi connectivity index (χ2v) is 6.02. The van der Waals surface area contributed by atoms with Gasteiger partial charge >= 0.3 is 0 Å². The third-order valence-electron chi connectivity index (χ3n) is 4.02. The van der Waals surface area contributed by atoms with Crippen LogP contribution < -0.4 is 20.7 Å². The third-order valence-corrected chi connectivity index (χ3v) is 4.02. The Bertz CT molecular complexity index is 825. The number of rotatable bonds is 5. The highest BCUT2D eigenvalue weighted by Gasteiger charge is 2.22. The number of nitrogens with one attached hydrogen (secondary N) is 3. The molecule has 3 N–H and O–H groups in total. The van der Waals surface area contributed by atoms with Gasteiger partial charge in [0.15, 0.2) is 0 Å². The summed E-state index contributed by atoms with van der Waals surface area (Å²) in [7, 11) is 0. The van der Waals surface area contributed by atoms with E-state index in [1.807, 2.05) is 24.3 Å². The van der Waals surface area contributed by atoms with Gasteiger partial charge in [0.25, 0.3) is 0 Å². The second kappa shape index (κ2) is 7.86. The zero-order valence-corrected chi connectivity index (χ0v) is 14.3. The first kappa shape index (κ1) is 17.7. The fraction of sp³-hybridized carbons (Fsp3) is 0.263. The Morgan fingerprint density at radius 3 is 2.85 bits per heavy atom. The standard InChI is InChI=1S/C19H20FN3O3/c1-12(24)22-17-10-13(6-7-15(17)20)21-11-19(25)23-16-8-9-26-18-5-3-2-4-14(16)18/h2-7,10,16,21H,8-9,11H2,1H3,(H,22,24)(H,23,25). The third kappa shape index (κ3) is 4.30. The van der Waals surface area contributed by atoms with E-state index in [1.54, 1.807) is 0 Å². The lowest BCUT2D eigenvalue weighted by Crippen LogP contribution is -2.35. The van der Waals surface area contributed by atoms with Crippen LogP contribution in [-0.4, -0.2) is 25.0 Å². The molecule has 0 bridgehead atoms. The molecule has 136 valence electrons. The van der Waals surface area contributed by atoms with Crippen molar-refractivity contribution >= 4 is 23.2 Å². The summed E-state index contributed by atoms with van der Waals surface area (Å²) >= 11 is 0. The average Bonchev–Trinajstić information content (AvgIpc) is 2.62. The van der Waals surface area contributed by atoms with Gasteiger partial charge in [-0.3, -0.25) is 9.59 Å². The number of carbonyl (C=O) groups excluding carboxylic acids is 2. The molecule has 1 aliphatic heterocycles. The molecule has 0 saturated carbocycles. The molecular formula is C19H20FN3O3. The number of amides is 2. The molecule has 1 unspecified atom stereocenters. The van der Waals surface area contributed by atoms with Gasteiger partial charge < -0.3 is 20.7 Å². The Balaban J connectivity index is 1.59. The van der Waals surface area contributed by atoms with Crippen molar-refractivity contribution in [3.63, 3.8) is 0 Å². The van der Waals surface area contributed by atoms with Crippen molar-refractivity contribution in [2.75, 3.05) is 23.8 Å². The van der Waals surface area contributed by atoms with Crippen LogP contribution in [0.2, 0.25) is 0 Å². The van der Waals surface area contributed by atoms with Gasteiger partial charge in [-0.1, -0.05) is 18.2 Å². The Hall–Kier alpha value is -3.09. The number of hydrogen-bond donors (Lipinski definition) is 3. The number of fused-ring (bicyclic) bond motifs is 1. The minimum absolute atomic E-state index is 0.0324. The normalized spacial score (nSPS) is 15.4. The molecule has 0 fully saturated rings. The van der Waals surface area contributed by atoms with E-state index in [4.69, 9.17) is 4.74 Å². The van der Waals surface area contributed by atoms with Crippen LogP contribution in [0.25, 0.3) is 0 Å². The Morgan fingerprint density at radius 2 is 2.04 bits per heavy atom. The lowest BCUT2D eigenvalue weighted by molar-refractivity contribution is -0.120. The van der Waals surface area contributed by atoms with E-state index >= 15 is 0 Å². The van der Waals surface area contributed by atoms with Crippen LogP contribution >= 0.6 is 0 Å². The molecule has 0 radical (unpaired) electrons. The van der Waals surface area contributed by atoms with Gasteiger partial charge in [-0.2, -0.15) is 0 Å². The van der Waals surface area contributed by atoms with E-state index in [1.165, 1.54) is 25.1 Å². The molecule has 0 spiro atoms. The number of halogens is 1. The molecule has 0 aliphatic carbocycles. The summed E-state index contributed by atoms with van der Waals surface area (Å²) in [5.41, 5.74) is 1.57. The quantitative estimate of drug-likeness (QED) is 0.769. The lowest BCUT2D eigenvalue weighted by atomic mass is 10.0. The van der Waals surface area contributed by atoms with Crippen LogP contribution in [0, 0.1) is 5.82 Å². The minimum atomic E-state index is -0.533. The molecule has 3 rings (SSSR count). The molecule has 26 heavy (non-hydrogen) atoms. The predicted octanol–water partition coefficient (Wildman–Crippen LogP) is 2.84. The number of ether oxygens (including phenoxy) is 1. The van der Waals surface area contributed by atoms with Crippen LogP contribution in [0.4, 0.5) is 15.8 Å². The van der Waals surface area contributed by atoms with E-state index < -0.39 is 5.82 Å². The average molecular weight is 357 g/mol. The highest BCUT2D eigenvalue weighted by molar-refractivity contribution is 5.89. The monoisotopic (exact) mass is 357 g/mol. The predicted molar refractivity (Wildman–Crippen MR) is 96.6 cm³/mol. The summed E-state index contributed by atoms with van der Waals surface area (Å²) in [6.45, 7) is 1.89. The van der Waals surface area contributed by atoms with Crippen molar-refractivity contribution in [2.24, 2.45) is 0 Å².